The molecule has 0 aliphatic heterocycles. The van der Waals surface area contributed by atoms with Gasteiger partial charge in [-0.05, 0) is 39.2 Å². The molecule has 0 radical (unpaired) electrons. The van der Waals surface area contributed by atoms with E-state index in [0.29, 0.717) is 12.8 Å². The monoisotopic (exact) mass is 501 g/mol. The molecule has 0 aliphatic rings. The molecule has 0 unspecified atom stereocenters. The normalized spacial score (nSPS) is 14.2. The summed E-state index contributed by atoms with van der Waals surface area (Å²) in [7, 11) is 0. The summed E-state index contributed by atoms with van der Waals surface area (Å²) in [5, 5.41) is 26.6. The lowest BCUT2D eigenvalue weighted by molar-refractivity contribution is -0.143. The number of carboxylic acids is 1. The summed E-state index contributed by atoms with van der Waals surface area (Å²) in [6.45, 7) is 3.63. The average molecular weight is 502 g/mol. The van der Waals surface area contributed by atoms with Crippen molar-refractivity contribution in [3.63, 3.8) is 0 Å². The van der Waals surface area contributed by atoms with E-state index in [9.17, 15) is 29.4 Å². The summed E-state index contributed by atoms with van der Waals surface area (Å²) >= 11 is 0. The molecule has 0 aromatic carbocycles. The summed E-state index contributed by atoms with van der Waals surface area (Å²) < 4.78 is 0. The van der Waals surface area contributed by atoms with Crippen LogP contribution in [0.5, 0.6) is 0 Å². The van der Waals surface area contributed by atoms with E-state index >= 15 is 0 Å². The van der Waals surface area contributed by atoms with E-state index in [2.05, 4.69) is 27.9 Å². The molecule has 35 heavy (non-hydrogen) atoms. The fourth-order valence-electron chi connectivity index (χ4n) is 3.27. The molecular weight excluding hydrogens is 458 g/mol. The van der Waals surface area contributed by atoms with Gasteiger partial charge < -0.3 is 43.4 Å². The Balaban J connectivity index is 5.25. The molecule has 0 bridgehead atoms. The largest absolute Gasteiger partial charge is 0.480 e. The van der Waals surface area contributed by atoms with Crippen LogP contribution in [0.15, 0.2) is 4.99 Å². The maximum absolute atomic E-state index is 12.9. The standard InChI is InChI=1S/C22H43N7O6/c1-3-4-5-6-7-10-17(31)27-15(9-8-13-26-22(24)25)19(32)29-18(14(2)30)20(33)28-16(11-12-23)21(34)35/h14-16,18,30H,3-13,23H2,1-2H3,(H,27,31)(H,28,33)(H,29,32)(H,34,35)(H4,24,25,26)/t14-,15+,16+,18+/m1/s1. The highest BCUT2D eigenvalue weighted by Crippen LogP contribution is 2.07. The minimum absolute atomic E-state index is 0.0191. The maximum atomic E-state index is 12.9. The SMILES string of the molecule is CCCCCCCC(=O)N[C@@H](CCCN=C(N)N)C(=O)N[C@H](C(=O)N[C@@H](CCN)C(=O)O)[C@@H](C)O. The van der Waals surface area contributed by atoms with Gasteiger partial charge in [0.1, 0.15) is 18.1 Å². The smallest absolute Gasteiger partial charge is 0.326 e. The number of nitrogens with two attached hydrogens (primary N) is 3. The molecule has 0 fully saturated rings. The van der Waals surface area contributed by atoms with Crippen LogP contribution in [0.2, 0.25) is 0 Å². The van der Waals surface area contributed by atoms with Crippen molar-refractivity contribution < 1.29 is 29.4 Å². The molecular formula is C22H43N7O6. The van der Waals surface area contributed by atoms with Gasteiger partial charge in [0.05, 0.1) is 6.10 Å². The van der Waals surface area contributed by atoms with E-state index in [1.807, 2.05) is 0 Å². The van der Waals surface area contributed by atoms with E-state index in [1.165, 1.54) is 6.92 Å². The van der Waals surface area contributed by atoms with Crippen molar-refractivity contribution in [1.29, 1.82) is 0 Å². The Bertz CT molecular complexity index is 698. The first-order valence-corrected chi connectivity index (χ1v) is 12.1. The van der Waals surface area contributed by atoms with Crippen LogP contribution < -0.4 is 33.2 Å². The number of carbonyl (C=O) groups excluding carboxylic acids is 3. The van der Waals surface area contributed by atoms with E-state index in [4.69, 9.17) is 17.2 Å². The Morgan fingerprint density at radius 3 is 2.09 bits per heavy atom. The fraction of sp³-hybridized carbons (Fsp3) is 0.773. The number of rotatable bonds is 19. The van der Waals surface area contributed by atoms with Crippen molar-refractivity contribution in [3.8, 4) is 0 Å². The van der Waals surface area contributed by atoms with Gasteiger partial charge in [-0.25, -0.2) is 4.79 Å². The van der Waals surface area contributed by atoms with Gasteiger partial charge in [0.2, 0.25) is 17.7 Å². The summed E-state index contributed by atoms with van der Waals surface area (Å²) in [4.78, 5) is 53.1. The van der Waals surface area contributed by atoms with E-state index in [-0.39, 0.29) is 44.2 Å². The first kappa shape index (κ1) is 32.1. The highest BCUT2D eigenvalue weighted by atomic mass is 16.4. The highest BCUT2D eigenvalue weighted by molar-refractivity contribution is 5.93. The number of hydrogen-bond donors (Lipinski definition) is 8. The van der Waals surface area contributed by atoms with Gasteiger partial charge in [-0.15, -0.1) is 0 Å². The van der Waals surface area contributed by atoms with Crippen molar-refractivity contribution in [1.82, 2.24) is 16.0 Å². The van der Waals surface area contributed by atoms with Gasteiger partial charge in [0.25, 0.3) is 0 Å². The summed E-state index contributed by atoms with van der Waals surface area (Å²) in [6.07, 6.45) is 4.24. The molecule has 0 saturated carbocycles. The number of amides is 3. The third kappa shape index (κ3) is 14.8. The van der Waals surface area contributed by atoms with Crippen LogP contribution >= 0.6 is 0 Å². The predicted molar refractivity (Wildman–Crippen MR) is 132 cm³/mol. The number of carboxylic acid groups (broad SMARTS) is 1. The number of aliphatic hydroxyl groups is 1. The Labute approximate surface area is 206 Å². The van der Waals surface area contributed by atoms with E-state index < -0.39 is 42.0 Å². The lowest BCUT2D eigenvalue weighted by atomic mass is 10.1. The second kappa shape index (κ2) is 18.4. The topological polar surface area (TPSA) is 235 Å². The molecule has 3 amide bonds. The molecule has 13 heteroatoms. The first-order valence-electron chi connectivity index (χ1n) is 12.1. The van der Waals surface area contributed by atoms with Crippen LogP contribution in [0.3, 0.4) is 0 Å². The van der Waals surface area contributed by atoms with Gasteiger partial charge in [-0.3, -0.25) is 19.4 Å². The molecule has 0 rings (SSSR count). The van der Waals surface area contributed by atoms with Crippen molar-refractivity contribution in [2.24, 2.45) is 22.2 Å². The number of hydrogen-bond acceptors (Lipinski definition) is 7. The summed E-state index contributed by atoms with van der Waals surface area (Å²) in [5.41, 5.74) is 16.0. The molecule has 0 aromatic rings. The van der Waals surface area contributed by atoms with Crippen LogP contribution in [-0.4, -0.2) is 77.2 Å². The van der Waals surface area contributed by atoms with Gasteiger partial charge in [-0.2, -0.15) is 0 Å². The zero-order valence-electron chi connectivity index (χ0n) is 20.8. The van der Waals surface area contributed by atoms with Gasteiger partial charge in [-0.1, -0.05) is 32.6 Å². The minimum Gasteiger partial charge on any atom is -0.480 e. The Hall–Kier alpha value is -2.93. The van der Waals surface area contributed by atoms with Crippen molar-refractivity contribution >= 4 is 29.7 Å². The summed E-state index contributed by atoms with van der Waals surface area (Å²) in [5.74, 6) is -3.27. The molecule has 11 N–H and O–H groups in total. The second-order valence-corrected chi connectivity index (χ2v) is 8.44. The number of nitrogens with zero attached hydrogens (tertiary/aromatic N) is 1. The number of aliphatic imine (C=N–C) groups is 1. The van der Waals surface area contributed by atoms with Crippen LogP contribution in [-0.2, 0) is 19.2 Å². The molecule has 0 aromatic heterocycles. The maximum Gasteiger partial charge on any atom is 0.326 e. The zero-order valence-corrected chi connectivity index (χ0v) is 20.8. The summed E-state index contributed by atoms with van der Waals surface area (Å²) in [6, 6.07) is -3.71. The fourth-order valence-corrected chi connectivity index (χ4v) is 3.27. The van der Waals surface area contributed by atoms with Crippen LogP contribution in [0.4, 0.5) is 0 Å². The number of unbranched alkanes of at least 4 members (excludes halogenated alkanes) is 4. The number of guanidine groups is 1. The van der Waals surface area contributed by atoms with Crippen molar-refractivity contribution in [2.45, 2.75) is 95.9 Å². The molecule has 13 nitrogen and oxygen atoms in total. The Morgan fingerprint density at radius 1 is 0.886 bits per heavy atom. The quantitative estimate of drug-likeness (QED) is 0.0593. The lowest BCUT2D eigenvalue weighted by Crippen LogP contribution is -2.59. The number of aliphatic hydroxyl groups excluding tert-OH is 1. The molecule has 0 saturated heterocycles. The Kier molecular flexibility index (Phi) is 16.9. The Morgan fingerprint density at radius 2 is 1.54 bits per heavy atom. The number of carbonyl (C=O) groups is 4. The molecule has 202 valence electrons. The average Bonchev–Trinajstić information content (AvgIpc) is 2.78. The molecule has 0 spiro atoms. The van der Waals surface area contributed by atoms with E-state index in [1.54, 1.807) is 0 Å². The van der Waals surface area contributed by atoms with Crippen molar-refractivity contribution in [2.75, 3.05) is 13.1 Å². The van der Waals surface area contributed by atoms with E-state index in [0.717, 1.165) is 25.7 Å². The van der Waals surface area contributed by atoms with Gasteiger partial charge >= 0.3 is 5.97 Å². The number of nitrogens with one attached hydrogen (secondary N) is 3. The van der Waals surface area contributed by atoms with Gasteiger partial charge in [0.15, 0.2) is 5.96 Å². The molecule has 0 heterocycles. The van der Waals surface area contributed by atoms with Crippen molar-refractivity contribution in [3.05, 3.63) is 0 Å². The minimum atomic E-state index is -1.44. The van der Waals surface area contributed by atoms with Crippen LogP contribution in [0.25, 0.3) is 0 Å². The van der Waals surface area contributed by atoms with Crippen LogP contribution in [0, 0.1) is 0 Å². The second-order valence-electron chi connectivity index (χ2n) is 8.44. The molecule has 4 atom stereocenters. The number of aliphatic carboxylic acids is 1. The molecule has 0 aliphatic carbocycles. The highest BCUT2D eigenvalue weighted by Gasteiger charge is 2.31. The van der Waals surface area contributed by atoms with Crippen LogP contribution in [0.1, 0.15) is 71.6 Å². The predicted octanol–water partition coefficient (Wildman–Crippen LogP) is -1.33. The third-order valence-electron chi connectivity index (χ3n) is 5.24. The van der Waals surface area contributed by atoms with Gasteiger partial charge in [0, 0.05) is 13.0 Å². The lowest BCUT2D eigenvalue weighted by Gasteiger charge is -2.26. The third-order valence-corrected chi connectivity index (χ3v) is 5.24. The zero-order chi connectivity index (χ0) is 26.8. The first-order chi connectivity index (χ1) is 16.5.